The van der Waals surface area contributed by atoms with Gasteiger partial charge in [0.2, 0.25) is 0 Å². The van der Waals surface area contributed by atoms with E-state index in [2.05, 4.69) is 5.16 Å². The fraction of sp³-hybridized carbons (Fsp3) is 0.235. The SMILES string of the molecule is C[C@H](Oc1ccc([N+](=O)[O-])cc1)[C@H]1CC(c2ccc([N+](=O)[O-])cc2)=NO1. The van der Waals surface area contributed by atoms with Crippen molar-refractivity contribution in [2.45, 2.75) is 25.6 Å². The summed E-state index contributed by atoms with van der Waals surface area (Å²) in [6.07, 6.45) is -0.169. The third-order valence-corrected chi connectivity index (χ3v) is 4.00. The maximum absolute atomic E-state index is 10.7. The molecule has 3 rings (SSSR count). The molecule has 1 aliphatic rings. The van der Waals surface area contributed by atoms with Crippen LogP contribution in [0.4, 0.5) is 11.4 Å². The number of non-ortho nitro benzene ring substituents is 2. The van der Waals surface area contributed by atoms with Crippen LogP contribution in [0, 0.1) is 20.2 Å². The molecule has 26 heavy (non-hydrogen) atoms. The molecule has 1 aliphatic heterocycles. The van der Waals surface area contributed by atoms with Crippen molar-refractivity contribution in [2.75, 3.05) is 0 Å². The normalized spacial score (nSPS) is 17.1. The average molecular weight is 357 g/mol. The zero-order valence-electron chi connectivity index (χ0n) is 13.8. The van der Waals surface area contributed by atoms with E-state index in [0.717, 1.165) is 5.56 Å². The van der Waals surface area contributed by atoms with E-state index in [-0.39, 0.29) is 23.6 Å². The van der Waals surface area contributed by atoms with Gasteiger partial charge >= 0.3 is 0 Å². The quantitative estimate of drug-likeness (QED) is 0.577. The third-order valence-electron chi connectivity index (χ3n) is 4.00. The number of nitrogens with zero attached hydrogens (tertiary/aromatic N) is 3. The number of ether oxygens (including phenoxy) is 1. The summed E-state index contributed by atoms with van der Waals surface area (Å²) >= 11 is 0. The number of nitro benzene ring substituents is 2. The predicted molar refractivity (Wildman–Crippen MR) is 92.3 cm³/mol. The molecular weight excluding hydrogens is 342 g/mol. The van der Waals surface area contributed by atoms with Crippen LogP contribution in [0.25, 0.3) is 0 Å². The number of oxime groups is 1. The van der Waals surface area contributed by atoms with Gasteiger partial charge in [-0.05, 0) is 36.8 Å². The highest BCUT2D eigenvalue weighted by Gasteiger charge is 2.29. The van der Waals surface area contributed by atoms with Gasteiger partial charge in [-0.3, -0.25) is 20.2 Å². The molecule has 2 aromatic carbocycles. The Labute approximate surface area is 148 Å². The lowest BCUT2D eigenvalue weighted by Crippen LogP contribution is -2.29. The summed E-state index contributed by atoms with van der Waals surface area (Å²) in [4.78, 5) is 25.8. The number of nitro groups is 2. The molecule has 0 saturated carbocycles. The van der Waals surface area contributed by atoms with E-state index in [1.54, 1.807) is 12.1 Å². The molecule has 1 heterocycles. The lowest BCUT2D eigenvalue weighted by molar-refractivity contribution is -0.385. The van der Waals surface area contributed by atoms with Crippen LogP contribution in [0.3, 0.4) is 0 Å². The minimum atomic E-state index is -0.475. The Morgan fingerprint density at radius 3 is 2.12 bits per heavy atom. The van der Waals surface area contributed by atoms with E-state index in [4.69, 9.17) is 9.57 Å². The van der Waals surface area contributed by atoms with Gasteiger partial charge in [-0.1, -0.05) is 5.16 Å². The van der Waals surface area contributed by atoms with E-state index in [1.165, 1.54) is 36.4 Å². The molecule has 2 aromatic rings. The summed E-state index contributed by atoms with van der Waals surface area (Å²) in [7, 11) is 0. The van der Waals surface area contributed by atoms with E-state index in [1.807, 2.05) is 6.92 Å². The summed E-state index contributed by atoms with van der Waals surface area (Å²) in [5.41, 5.74) is 1.44. The summed E-state index contributed by atoms with van der Waals surface area (Å²) in [6.45, 7) is 1.82. The standard InChI is InChI=1S/C17H15N3O6/c1-11(25-15-8-6-14(7-9-15)20(23)24)17-10-16(18-26-17)12-2-4-13(5-3-12)19(21)22/h2-9,11,17H,10H2,1H3/t11-,17+/m0/s1. The molecule has 0 unspecified atom stereocenters. The van der Waals surface area contributed by atoms with Crippen molar-refractivity contribution >= 4 is 17.1 Å². The Balaban J connectivity index is 1.60. The van der Waals surface area contributed by atoms with Gasteiger partial charge in [0.05, 0.1) is 15.6 Å². The third kappa shape index (κ3) is 3.77. The summed E-state index contributed by atoms with van der Waals surface area (Å²) < 4.78 is 5.76. The largest absolute Gasteiger partial charge is 0.487 e. The number of hydrogen-bond acceptors (Lipinski definition) is 7. The molecule has 0 bridgehead atoms. The Bertz CT molecular complexity index is 848. The molecule has 134 valence electrons. The predicted octanol–water partition coefficient (Wildman–Crippen LogP) is 3.46. The highest BCUT2D eigenvalue weighted by molar-refractivity contribution is 6.01. The number of benzene rings is 2. The van der Waals surface area contributed by atoms with Crippen molar-refractivity contribution in [1.82, 2.24) is 0 Å². The molecule has 0 fully saturated rings. The molecule has 9 nitrogen and oxygen atoms in total. The summed E-state index contributed by atoms with van der Waals surface area (Å²) in [6, 6.07) is 11.9. The first-order valence-corrected chi connectivity index (χ1v) is 7.82. The van der Waals surface area contributed by atoms with Crippen molar-refractivity contribution in [3.8, 4) is 5.75 Å². The van der Waals surface area contributed by atoms with Crippen LogP contribution in [0.2, 0.25) is 0 Å². The molecule has 0 amide bonds. The molecule has 0 radical (unpaired) electrons. The molecule has 0 saturated heterocycles. The van der Waals surface area contributed by atoms with Gasteiger partial charge in [0.1, 0.15) is 11.9 Å². The monoisotopic (exact) mass is 357 g/mol. The lowest BCUT2D eigenvalue weighted by atomic mass is 10.0. The molecule has 9 heteroatoms. The van der Waals surface area contributed by atoms with Gasteiger partial charge in [0, 0.05) is 30.7 Å². The summed E-state index contributed by atoms with van der Waals surface area (Å²) in [5.74, 6) is 0.496. The van der Waals surface area contributed by atoms with E-state index >= 15 is 0 Å². The average Bonchev–Trinajstić information content (AvgIpc) is 3.12. The van der Waals surface area contributed by atoms with Crippen molar-refractivity contribution in [3.05, 3.63) is 74.3 Å². The Morgan fingerprint density at radius 2 is 1.58 bits per heavy atom. The second kappa shape index (κ2) is 7.18. The second-order valence-corrected chi connectivity index (χ2v) is 5.76. The fourth-order valence-corrected chi connectivity index (χ4v) is 2.53. The van der Waals surface area contributed by atoms with Gasteiger partial charge in [0.15, 0.2) is 6.10 Å². The number of hydrogen-bond donors (Lipinski definition) is 0. The van der Waals surface area contributed by atoms with Crippen LogP contribution >= 0.6 is 0 Å². The highest BCUT2D eigenvalue weighted by atomic mass is 16.7. The maximum Gasteiger partial charge on any atom is 0.269 e. The minimum absolute atomic E-state index is 0.00842. The van der Waals surface area contributed by atoms with Crippen LogP contribution in [-0.4, -0.2) is 27.8 Å². The molecular formula is C17H15N3O6. The van der Waals surface area contributed by atoms with Crippen LogP contribution in [0.1, 0.15) is 18.9 Å². The van der Waals surface area contributed by atoms with E-state index < -0.39 is 9.85 Å². The van der Waals surface area contributed by atoms with Gasteiger partial charge in [0.25, 0.3) is 11.4 Å². The first kappa shape index (κ1) is 17.3. The first-order valence-electron chi connectivity index (χ1n) is 7.82. The summed E-state index contributed by atoms with van der Waals surface area (Å²) in [5, 5.41) is 25.4. The fourth-order valence-electron chi connectivity index (χ4n) is 2.53. The van der Waals surface area contributed by atoms with Crippen LogP contribution in [-0.2, 0) is 4.84 Å². The Kier molecular flexibility index (Phi) is 4.78. The van der Waals surface area contributed by atoms with Gasteiger partial charge in [-0.15, -0.1) is 0 Å². The Hall–Kier alpha value is -3.49. The smallest absolute Gasteiger partial charge is 0.269 e. The van der Waals surface area contributed by atoms with E-state index in [0.29, 0.717) is 17.9 Å². The molecule has 0 aliphatic carbocycles. The van der Waals surface area contributed by atoms with Crippen LogP contribution in [0.15, 0.2) is 53.7 Å². The molecule has 0 N–H and O–H groups in total. The molecule has 2 atom stereocenters. The minimum Gasteiger partial charge on any atom is -0.487 e. The van der Waals surface area contributed by atoms with Crippen LogP contribution < -0.4 is 4.74 Å². The van der Waals surface area contributed by atoms with E-state index in [9.17, 15) is 20.2 Å². The first-order chi connectivity index (χ1) is 12.4. The van der Waals surface area contributed by atoms with Crippen molar-refractivity contribution < 1.29 is 19.4 Å². The number of rotatable bonds is 6. The van der Waals surface area contributed by atoms with Crippen LogP contribution in [0.5, 0.6) is 5.75 Å². The zero-order valence-corrected chi connectivity index (χ0v) is 13.8. The van der Waals surface area contributed by atoms with Gasteiger partial charge < -0.3 is 9.57 Å². The van der Waals surface area contributed by atoms with Crippen molar-refractivity contribution in [2.24, 2.45) is 5.16 Å². The van der Waals surface area contributed by atoms with Crippen molar-refractivity contribution in [1.29, 1.82) is 0 Å². The second-order valence-electron chi connectivity index (χ2n) is 5.76. The molecule has 0 spiro atoms. The topological polar surface area (TPSA) is 117 Å². The maximum atomic E-state index is 10.7. The van der Waals surface area contributed by atoms with Crippen molar-refractivity contribution in [3.63, 3.8) is 0 Å². The zero-order chi connectivity index (χ0) is 18.7. The Morgan fingerprint density at radius 1 is 1.04 bits per heavy atom. The van der Waals surface area contributed by atoms with Gasteiger partial charge in [-0.2, -0.15) is 0 Å². The van der Waals surface area contributed by atoms with Gasteiger partial charge in [-0.25, -0.2) is 0 Å². The lowest BCUT2D eigenvalue weighted by Gasteiger charge is -2.19. The molecule has 0 aromatic heterocycles. The highest BCUT2D eigenvalue weighted by Crippen LogP contribution is 2.24.